The number of para-hydroxylation sites is 1. The van der Waals surface area contributed by atoms with Crippen LogP contribution in [0.15, 0.2) is 78.0 Å². The lowest BCUT2D eigenvalue weighted by atomic mass is 10.2. The van der Waals surface area contributed by atoms with E-state index >= 15 is 0 Å². The molecule has 9 heteroatoms. The van der Waals surface area contributed by atoms with Crippen LogP contribution >= 0.6 is 0 Å². The molecule has 0 spiro atoms. The van der Waals surface area contributed by atoms with Gasteiger partial charge in [0.05, 0.1) is 16.8 Å². The topological polar surface area (TPSA) is 92.6 Å². The number of nitrogens with zero attached hydrogens (tertiary/aromatic N) is 4. The summed E-state index contributed by atoms with van der Waals surface area (Å²) in [6.45, 7) is 0.246. The monoisotopic (exact) mass is 438 g/mol. The van der Waals surface area contributed by atoms with Crippen LogP contribution < -0.4 is 0 Å². The van der Waals surface area contributed by atoms with E-state index < -0.39 is 27.9 Å². The zero-order valence-corrected chi connectivity index (χ0v) is 17.8. The Morgan fingerprint density at radius 2 is 1.74 bits per heavy atom. The first-order chi connectivity index (χ1) is 14.9. The Labute approximate surface area is 180 Å². The van der Waals surface area contributed by atoms with Crippen LogP contribution in [-0.2, 0) is 26.2 Å². The van der Waals surface area contributed by atoms with Crippen molar-refractivity contribution in [2.24, 2.45) is 0 Å². The van der Waals surface area contributed by atoms with Gasteiger partial charge in [-0.2, -0.15) is 5.10 Å². The van der Waals surface area contributed by atoms with E-state index in [9.17, 15) is 18.0 Å². The molecule has 8 nitrogen and oxygen atoms in total. The van der Waals surface area contributed by atoms with E-state index in [2.05, 4.69) is 5.10 Å². The predicted molar refractivity (Wildman–Crippen MR) is 114 cm³/mol. The van der Waals surface area contributed by atoms with Crippen molar-refractivity contribution in [3.05, 3.63) is 78.6 Å². The van der Waals surface area contributed by atoms with Gasteiger partial charge < -0.3 is 4.90 Å². The predicted octanol–water partition coefficient (Wildman–Crippen LogP) is 2.21. The van der Waals surface area contributed by atoms with E-state index in [1.165, 1.54) is 17.0 Å². The molecule has 0 saturated carbocycles. The molecule has 1 aliphatic heterocycles. The molecule has 0 aliphatic carbocycles. The maximum atomic E-state index is 13.1. The molecule has 2 amide bonds. The molecule has 0 radical (unpaired) electrons. The highest BCUT2D eigenvalue weighted by molar-refractivity contribution is 7.89. The quantitative estimate of drug-likeness (QED) is 0.588. The molecule has 4 rings (SSSR count). The van der Waals surface area contributed by atoms with Crippen LogP contribution in [0.25, 0.3) is 5.69 Å². The van der Waals surface area contributed by atoms with E-state index in [1.54, 1.807) is 36.1 Å². The molecule has 31 heavy (non-hydrogen) atoms. The smallest absolute Gasteiger partial charge is 0.267 e. The number of amides is 2. The van der Waals surface area contributed by atoms with Gasteiger partial charge in [0.1, 0.15) is 6.04 Å². The minimum absolute atomic E-state index is 0.00478. The van der Waals surface area contributed by atoms with Gasteiger partial charge in [-0.05, 0) is 30.7 Å². The highest BCUT2D eigenvalue weighted by atomic mass is 32.2. The molecule has 0 bridgehead atoms. The third-order valence-corrected chi connectivity index (χ3v) is 7.04. The van der Waals surface area contributed by atoms with Crippen LogP contribution in [-0.4, -0.2) is 52.3 Å². The average Bonchev–Trinajstić information content (AvgIpc) is 3.41. The summed E-state index contributed by atoms with van der Waals surface area (Å²) >= 11 is 0. The van der Waals surface area contributed by atoms with Gasteiger partial charge in [0, 0.05) is 31.8 Å². The van der Waals surface area contributed by atoms with Crippen LogP contribution in [0.4, 0.5) is 0 Å². The number of hydrogen-bond acceptors (Lipinski definition) is 5. The van der Waals surface area contributed by atoms with Gasteiger partial charge in [0.15, 0.2) is 0 Å². The minimum atomic E-state index is -4.10. The Morgan fingerprint density at radius 1 is 1.10 bits per heavy atom. The van der Waals surface area contributed by atoms with Gasteiger partial charge in [0.2, 0.25) is 11.8 Å². The van der Waals surface area contributed by atoms with Gasteiger partial charge in [-0.1, -0.05) is 36.4 Å². The first-order valence-electron chi connectivity index (χ1n) is 9.84. The number of likely N-dealkylation sites (N-methyl/N-ethyl adjacent to an activating group) is 1. The molecule has 3 aromatic rings. The Hall–Kier alpha value is -3.46. The normalized spacial score (nSPS) is 16.5. The average molecular weight is 439 g/mol. The SMILES string of the molecule is CN(Cc1cnn(-c2ccccc2)c1)C(=O)C1CCC(=O)N1S(=O)(=O)c1ccccc1. The summed E-state index contributed by atoms with van der Waals surface area (Å²) < 4.78 is 28.5. The van der Waals surface area contributed by atoms with Crippen molar-refractivity contribution in [1.82, 2.24) is 19.0 Å². The third-order valence-electron chi connectivity index (χ3n) is 5.20. The summed E-state index contributed by atoms with van der Waals surface area (Å²) in [4.78, 5) is 26.9. The number of aromatic nitrogens is 2. The van der Waals surface area contributed by atoms with Gasteiger partial charge in [-0.3, -0.25) is 9.59 Å². The zero-order chi connectivity index (χ0) is 22.0. The molecule has 2 aromatic carbocycles. The van der Waals surface area contributed by atoms with E-state index in [1.807, 2.05) is 36.5 Å². The number of sulfonamides is 1. The summed E-state index contributed by atoms with van der Waals surface area (Å²) in [5.74, 6) is -0.981. The minimum Gasteiger partial charge on any atom is -0.339 e. The maximum absolute atomic E-state index is 13.1. The molecule has 1 atom stereocenters. The van der Waals surface area contributed by atoms with Crippen molar-refractivity contribution in [3.8, 4) is 5.69 Å². The fraction of sp³-hybridized carbons (Fsp3) is 0.227. The first-order valence-corrected chi connectivity index (χ1v) is 11.3. The van der Waals surface area contributed by atoms with Gasteiger partial charge in [-0.15, -0.1) is 0 Å². The molecule has 160 valence electrons. The van der Waals surface area contributed by atoms with Crippen molar-refractivity contribution in [2.45, 2.75) is 30.3 Å². The largest absolute Gasteiger partial charge is 0.339 e. The Bertz CT molecular complexity index is 1190. The van der Waals surface area contributed by atoms with Crippen molar-refractivity contribution in [2.75, 3.05) is 7.05 Å². The number of hydrogen-bond donors (Lipinski definition) is 0. The fourth-order valence-corrected chi connectivity index (χ4v) is 5.28. The van der Waals surface area contributed by atoms with E-state index in [0.29, 0.717) is 0 Å². The second kappa shape index (κ2) is 8.35. The van der Waals surface area contributed by atoms with Crippen LogP contribution in [0.1, 0.15) is 18.4 Å². The standard InChI is InChI=1S/C22H22N4O4S/c1-24(15-17-14-23-25(16-17)18-8-4-2-5-9-18)22(28)20-12-13-21(27)26(20)31(29,30)19-10-6-3-7-11-19/h2-11,14,16,20H,12-13,15H2,1H3. The van der Waals surface area contributed by atoms with Gasteiger partial charge in [-0.25, -0.2) is 17.4 Å². The van der Waals surface area contributed by atoms with E-state index in [4.69, 9.17) is 0 Å². The highest BCUT2D eigenvalue weighted by Crippen LogP contribution is 2.28. The molecule has 1 saturated heterocycles. The summed E-state index contributed by atoms with van der Waals surface area (Å²) in [5, 5.41) is 4.32. The number of rotatable bonds is 6. The molecular weight excluding hydrogens is 416 g/mol. The molecule has 1 aliphatic rings. The van der Waals surface area contributed by atoms with Crippen LogP contribution in [0.5, 0.6) is 0 Å². The fourth-order valence-electron chi connectivity index (χ4n) is 3.66. The number of carbonyl (C=O) groups is 2. The molecule has 0 N–H and O–H groups in total. The van der Waals surface area contributed by atoms with Gasteiger partial charge in [0.25, 0.3) is 10.0 Å². The van der Waals surface area contributed by atoms with E-state index in [-0.39, 0.29) is 24.3 Å². The van der Waals surface area contributed by atoms with E-state index in [0.717, 1.165) is 15.6 Å². The molecule has 1 aromatic heterocycles. The Morgan fingerprint density at radius 3 is 2.42 bits per heavy atom. The maximum Gasteiger partial charge on any atom is 0.267 e. The van der Waals surface area contributed by atoms with Crippen molar-refractivity contribution in [3.63, 3.8) is 0 Å². The second-order valence-electron chi connectivity index (χ2n) is 7.39. The Kier molecular flexibility index (Phi) is 5.60. The van der Waals surface area contributed by atoms with Crippen molar-refractivity contribution >= 4 is 21.8 Å². The summed E-state index contributed by atoms with van der Waals surface area (Å²) in [7, 11) is -2.50. The first kappa shape index (κ1) is 20.8. The second-order valence-corrected chi connectivity index (χ2v) is 9.20. The summed E-state index contributed by atoms with van der Waals surface area (Å²) in [6.07, 6.45) is 3.66. The van der Waals surface area contributed by atoms with Crippen LogP contribution in [0, 0.1) is 0 Å². The lowest BCUT2D eigenvalue weighted by molar-refractivity contribution is -0.137. The summed E-state index contributed by atoms with van der Waals surface area (Å²) in [5.41, 5.74) is 1.69. The number of benzene rings is 2. The van der Waals surface area contributed by atoms with Crippen LogP contribution in [0.3, 0.4) is 0 Å². The Balaban J connectivity index is 1.52. The molecular formula is C22H22N4O4S. The van der Waals surface area contributed by atoms with Crippen LogP contribution in [0.2, 0.25) is 0 Å². The van der Waals surface area contributed by atoms with Crippen molar-refractivity contribution in [1.29, 1.82) is 0 Å². The van der Waals surface area contributed by atoms with Gasteiger partial charge >= 0.3 is 0 Å². The van der Waals surface area contributed by atoms with Crippen molar-refractivity contribution < 1.29 is 18.0 Å². The molecule has 1 unspecified atom stereocenters. The third kappa shape index (κ3) is 4.09. The highest BCUT2D eigenvalue weighted by Gasteiger charge is 2.45. The lowest BCUT2D eigenvalue weighted by Crippen LogP contribution is -2.47. The summed E-state index contributed by atoms with van der Waals surface area (Å²) in [6, 6.07) is 16.2. The molecule has 2 heterocycles. The molecule has 1 fully saturated rings. The number of carbonyl (C=O) groups excluding carboxylic acids is 2. The zero-order valence-electron chi connectivity index (χ0n) is 17.0. The lowest BCUT2D eigenvalue weighted by Gasteiger charge is -2.27.